The van der Waals surface area contributed by atoms with Gasteiger partial charge in [-0.25, -0.2) is 0 Å². The molecule has 0 aromatic heterocycles. The maximum atomic E-state index is 6.24. The van der Waals surface area contributed by atoms with Crippen LogP contribution in [0.2, 0.25) is 0 Å². The molecule has 0 spiro atoms. The zero-order valence-corrected chi connectivity index (χ0v) is 11.5. The van der Waals surface area contributed by atoms with Crippen LogP contribution >= 0.6 is 0 Å². The number of benzene rings is 1. The number of nitrogens with two attached hydrogens (primary N) is 1. The molecule has 1 aromatic rings. The van der Waals surface area contributed by atoms with Crippen molar-refractivity contribution >= 4 is 0 Å². The largest absolute Gasteiger partial charge is 0.327 e. The molecule has 2 heteroatoms. The number of piperidine rings is 1. The van der Waals surface area contributed by atoms with Crippen LogP contribution in [0.25, 0.3) is 0 Å². The summed E-state index contributed by atoms with van der Waals surface area (Å²) in [5, 5.41) is 0. The van der Waals surface area contributed by atoms with Crippen molar-refractivity contribution in [1.29, 1.82) is 0 Å². The Labute approximate surface area is 111 Å². The number of nitrogens with zero attached hydrogens (tertiary/aromatic N) is 1. The maximum Gasteiger partial charge on any atom is 0.0233 e. The Morgan fingerprint density at radius 2 is 1.89 bits per heavy atom. The molecule has 2 rings (SSSR count). The first kappa shape index (κ1) is 13.6. The number of hydrogen-bond acceptors (Lipinski definition) is 2. The van der Waals surface area contributed by atoms with Crippen LogP contribution in [0.1, 0.15) is 38.2 Å². The molecule has 2 N–H and O–H groups in total. The second kappa shape index (κ2) is 6.91. The summed E-state index contributed by atoms with van der Waals surface area (Å²) in [6.07, 6.45) is 4.94. The number of likely N-dealkylation sites (tertiary alicyclic amines) is 1. The predicted octanol–water partition coefficient (Wildman–Crippen LogP) is 3.03. The minimum Gasteiger partial charge on any atom is -0.327 e. The first-order valence-corrected chi connectivity index (χ1v) is 7.31. The van der Waals surface area contributed by atoms with Crippen molar-refractivity contribution in [2.75, 3.05) is 13.1 Å². The van der Waals surface area contributed by atoms with Gasteiger partial charge in [0.2, 0.25) is 0 Å². The van der Waals surface area contributed by atoms with Crippen molar-refractivity contribution < 1.29 is 0 Å². The molecule has 0 amide bonds. The topological polar surface area (TPSA) is 29.3 Å². The van der Waals surface area contributed by atoms with Gasteiger partial charge in [0.05, 0.1) is 0 Å². The van der Waals surface area contributed by atoms with Gasteiger partial charge < -0.3 is 5.73 Å². The van der Waals surface area contributed by atoms with Gasteiger partial charge in [-0.2, -0.15) is 0 Å². The van der Waals surface area contributed by atoms with Crippen LogP contribution in [0, 0.1) is 5.92 Å². The molecule has 0 aliphatic carbocycles. The van der Waals surface area contributed by atoms with E-state index in [0.717, 1.165) is 12.5 Å². The summed E-state index contributed by atoms with van der Waals surface area (Å²) in [6.45, 7) is 5.73. The van der Waals surface area contributed by atoms with Crippen LogP contribution in [0.15, 0.2) is 30.3 Å². The lowest BCUT2D eigenvalue weighted by Crippen LogP contribution is -2.40. The van der Waals surface area contributed by atoms with E-state index >= 15 is 0 Å². The maximum absolute atomic E-state index is 6.24. The fourth-order valence-electron chi connectivity index (χ4n) is 2.95. The fourth-order valence-corrected chi connectivity index (χ4v) is 2.95. The predicted molar refractivity (Wildman–Crippen MR) is 77.3 cm³/mol. The van der Waals surface area contributed by atoms with Gasteiger partial charge >= 0.3 is 0 Å². The van der Waals surface area contributed by atoms with Crippen molar-refractivity contribution in [3.63, 3.8) is 0 Å². The highest BCUT2D eigenvalue weighted by Gasteiger charge is 2.23. The normalized spacial score (nSPS) is 19.9. The third-order valence-electron chi connectivity index (χ3n) is 4.11. The average molecular weight is 246 g/mol. The smallest absolute Gasteiger partial charge is 0.0233 e. The van der Waals surface area contributed by atoms with Gasteiger partial charge in [0, 0.05) is 12.6 Å². The van der Waals surface area contributed by atoms with Crippen LogP contribution in [0.4, 0.5) is 0 Å². The van der Waals surface area contributed by atoms with E-state index in [1.54, 1.807) is 0 Å². The molecule has 18 heavy (non-hydrogen) atoms. The van der Waals surface area contributed by atoms with Crippen molar-refractivity contribution in [1.82, 2.24) is 4.90 Å². The SMILES string of the molecule is CCCC(N)C1CCN(Cc2ccccc2)CC1. The van der Waals surface area contributed by atoms with Gasteiger partial charge in [-0.15, -0.1) is 0 Å². The summed E-state index contributed by atoms with van der Waals surface area (Å²) in [5.74, 6) is 0.747. The Bertz CT molecular complexity index is 328. The highest BCUT2D eigenvalue weighted by molar-refractivity contribution is 5.14. The summed E-state index contributed by atoms with van der Waals surface area (Å²) in [7, 11) is 0. The third-order valence-corrected chi connectivity index (χ3v) is 4.11. The van der Waals surface area contributed by atoms with E-state index in [2.05, 4.69) is 42.2 Å². The van der Waals surface area contributed by atoms with E-state index in [1.165, 1.54) is 44.3 Å². The highest BCUT2D eigenvalue weighted by Crippen LogP contribution is 2.23. The molecule has 100 valence electrons. The van der Waals surface area contributed by atoms with Gasteiger partial charge in [-0.05, 0) is 43.8 Å². The minimum atomic E-state index is 0.425. The van der Waals surface area contributed by atoms with E-state index in [9.17, 15) is 0 Å². The lowest BCUT2D eigenvalue weighted by molar-refractivity contribution is 0.160. The molecular formula is C16H26N2. The molecule has 1 aliphatic heterocycles. The van der Waals surface area contributed by atoms with E-state index in [1.807, 2.05) is 0 Å². The van der Waals surface area contributed by atoms with Crippen LogP contribution in [-0.2, 0) is 6.54 Å². The zero-order chi connectivity index (χ0) is 12.8. The zero-order valence-electron chi connectivity index (χ0n) is 11.5. The summed E-state index contributed by atoms with van der Waals surface area (Å²) in [5.41, 5.74) is 7.66. The molecule has 1 unspecified atom stereocenters. The second-order valence-corrected chi connectivity index (χ2v) is 5.55. The third kappa shape index (κ3) is 3.82. The highest BCUT2D eigenvalue weighted by atomic mass is 15.1. The Hall–Kier alpha value is -0.860. The van der Waals surface area contributed by atoms with Crippen LogP contribution in [-0.4, -0.2) is 24.0 Å². The lowest BCUT2D eigenvalue weighted by atomic mass is 9.87. The number of hydrogen-bond donors (Lipinski definition) is 1. The Balaban J connectivity index is 1.77. The summed E-state index contributed by atoms with van der Waals surface area (Å²) >= 11 is 0. The first-order valence-electron chi connectivity index (χ1n) is 7.31. The van der Waals surface area contributed by atoms with E-state index in [0.29, 0.717) is 6.04 Å². The fraction of sp³-hybridized carbons (Fsp3) is 0.625. The minimum absolute atomic E-state index is 0.425. The molecule has 1 heterocycles. The first-order chi connectivity index (χ1) is 8.79. The standard InChI is InChI=1S/C16H26N2/c1-2-6-16(17)15-9-11-18(12-10-15)13-14-7-4-3-5-8-14/h3-5,7-8,15-16H,2,6,9-13,17H2,1H3. The molecule has 1 fully saturated rings. The van der Waals surface area contributed by atoms with Gasteiger partial charge in [0.15, 0.2) is 0 Å². The quantitative estimate of drug-likeness (QED) is 0.865. The second-order valence-electron chi connectivity index (χ2n) is 5.55. The van der Waals surface area contributed by atoms with Crippen LogP contribution in [0.3, 0.4) is 0 Å². The van der Waals surface area contributed by atoms with Crippen molar-refractivity contribution in [2.24, 2.45) is 11.7 Å². The van der Waals surface area contributed by atoms with Gasteiger partial charge in [0.25, 0.3) is 0 Å². The molecule has 0 bridgehead atoms. The monoisotopic (exact) mass is 246 g/mol. The Morgan fingerprint density at radius 3 is 2.50 bits per heavy atom. The van der Waals surface area contributed by atoms with Gasteiger partial charge in [0.1, 0.15) is 0 Å². The molecular weight excluding hydrogens is 220 g/mol. The molecule has 0 saturated carbocycles. The van der Waals surface area contributed by atoms with Crippen molar-refractivity contribution in [3.05, 3.63) is 35.9 Å². The van der Waals surface area contributed by atoms with Crippen LogP contribution in [0.5, 0.6) is 0 Å². The molecule has 1 aromatic carbocycles. The Morgan fingerprint density at radius 1 is 1.22 bits per heavy atom. The molecule has 1 atom stereocenters. The molecule has 1 saturated heterocycles. The molecule has 0 radical (unpaired) electrons. The molecule has 1 aliphatic rings. The van der Waals surface area contributed by atoms with Gasteiger partial charge in [-0.1, -0.05) is 43.7 Å². The van der Waals surface area contributed by atoms with Gasteiger partial charge in [-0.3, -0.25) is 4.90 Å². The van der Waals surface area contributed by atoms with E-state index in [4.69, 9.17) is 5.73 Å². The Kier molecular flexibility index (Phi) is 5.21. The molecule has 2 nitrogen and oxygen atoms in total. The van der Waals surface area contributed by atoms with Crippen molar-refractivity contribution in [3.8, 4) is 0 Å². The van der Waals surface area contributed by atoms with E-state index < -0.39 is 0 Å². The summed E-state index contributed by atoms with van der Waals surface area (Å²) in [4.78, 5) is 2.56. The summed E-state index contributed by atoms with van der Waals surface area (Å²) < 4.78 is 0. The number of rotatable bonds is 5. The van der Waals surface area contributed by atoms with Crippen molar-refractivity contribution in [2.45, 2.75) is 45.2 Å². The van der Waals surface area contributed by atoms with E-state index in [-0.39, 0.29) is 0 Å². The summed E-state index contributed by atoms with van der Waals surface area (Å²) in [6, 6.07) is 11.2. The average Bonchev–Trinajstić information content (AvgIpc) is 2.41. The lowest BCUT2D eigenvalue weighted by Gasteiger charge is -2.34. The van der Waals surface area contributed by atoms with Crippen LogP contribution < -0.4 is 5.73 Å².